The van der Waals surface area contributed by atoms with E-state index in [1.165, 1.54) is 29.7 Å². The van der Waals surface area contributed by atoms with Gasteiger partial charge in [-0.05, 0) is 17.5 Å². The molecule has 19 heavy (non-hydrogen) atoms. The third-order valence-electron chi connectivity index (χ3n) is 4.12. The van der Waals surface area contributed by atoms with Crippen molar-refractivity contribution in [3.8, 4) is 0 Å². The van der Waals surface area contributed by atoms with Crippen LogP contribution in [0.15, 0.2) is 29.2 Å². The van der Waals surface area contributed by atoms with Crippen molar-refractivity contribution < 1.29 is 4.79 Å². The number of rotatable bonds is 7. The molecule has 104 valence electrons. The van der Waals surface area contributed by atoms with Gasteiger partial charge >= 0.3 is 0 Å². The normalized spacial score (nSPS) is 19.2. The lowest BCUT2D eigenvalue weighted by molar-refractivity contribution is -0.121. The van der Waals surface area contributed by atoms with Crippen LogP contribution in [0.2, 0.25) is 0 Å². The summed E-state index contributed by atoms with van der Waals surface area (Å²) in [6.07, 6.45) is 5.60. The van der Waals surface area contributed by atoms with Crippen molar-refractivity contribution in [3.63, 3.8) is 0 Å². The number of thioether (sulfide) groups is 1. The largest absolute Gasteiger partial charge is 0.299 e. The predicted octanol–water partition coefficient (Wildman–Crippen LogP) is 5.05. The minimum absolute atomic E-state index is 0.150. The number of benzene rings is 1. The van der Waals surface area contributed by atoms with Crippen LogP contribution in [0.3, 0.4) is 0 Å². The lowest BCUT2D eigenvalue weighted by atomic mass is 9.87. The first-order valence-electron chi connectivity index (χ1n) is 7.50. The average molecular weight is 276 g/mol. The standard InChI is InChI=1S/C17H24OS/c1-3-5-8-13(4-2)11-16(18)15-12-19-17-10-7-6-9-14(15)17/h6-7,9-10,13,15H,3-5,8,11-12H2,1-2H3. The second kappa shape index (κ2) is 7.14. The van der Waals surface area contributed by atoms with E-state index in [1.54, 1.807) is 0 Å². The molecule has 0 N–H and O–H groups in total. The summed E-state index contributed by atoms with van der Waals surface area (Å²) in [4.78, 5) is 13.8. The molecule has 1 aromatic carbocycles. The van der Waals surface area contributed by atoms with E-state index in [0.717, 1.165) is 18.6 Å². The average Bonchev–Trinajstić information content (AvgIpc) is 2.87. The van der Waals surface area contributed by atoms with E-state index in [9.17, 15) is 4.79 Å². The molecule has 0 bridgehead atoms. The zero-order valence-electron chi connectivity index (χ0n) is 12.0. The summed E-state index contributed by atoms with van der Waals surface area (Å²) in [6.45, 7) is 4.43. The van der Waals surface area contributed by atoms with Crippen LogP contribution in [0.25, 0.3) is 0 Å². The SMILES string of the molecule is CCCCC(CC)CC(=O)C1CSc2ccccc21. The molecule has 2 heteroatoms. The summed E-state index contributed by atoms with van der Waals surface area (Å²) < 4.78 is 0. The Morgan fingerprint density at radius 1 is 1.37 bits per heavy atom. The molecule has 2 unspecified atom stereocenters. The summed E-state index contributed by atoms with van der Waals surface area (Å²) in [5.41, 5.74) is 1.27. The summed E-state index contributed by atoms with van der Waals surface area (Å²) in [5, 5.41) is 0. The summed E-state index contributed by atoms with van der Waals surface area (Å²) in [5.74, 6) is 2.14. The Balaban J connectivity index is 1.97. The smallest absolute Gasteiger partial charge is 0.141 e. The molecule has 0 spiro atoms. The first-order chi connectivity index (χ1) is 9.26. The first-order valence-corrected chi connectivity index (χ1v) is 8.49. The van der Waals surface area contributed by atoms with Gasteiger partial charge in [-0.25, -0.2) is 0 Å². The quantitative estimate of drug-likeness (QED) is 0.693. The van der Waals surface area contributed by atoms with Crippen molar-refractivity contribution >= 4 is 17.5 Å². The number of hydrogen-bond acceptors (Lipinski definition) is 2. The van der Waals surface area contributed by atoms with E-state index in [2.05, 4.69) is 38.1 Å². The lowest BCUT2D eigenvalue weighted by Gasteiger charge is -2.16. The highest BCUT2D eigenvalue weighted by Crippen LogP contribution is 2.40. The molecular weight excluding hydrogens is 252 g/mol. The zero-order chi connectivity index (χ0) is 13.7. The van der Waals surface area contributed by atoms with Crippen molar-refractivity contribution in [2.75, 3.05) is 5.75 Å². The van der Waals surface area contributed by atoms with E-state index < -0.39 is 0 Å². The fourth-order valence-corrected chi connectivity index (χ4v) is 4.06. The van der Waals surface area contributed by atoms with E-state index in [-0.39, 0.29) is 5.92 Å². The topological polar surface area (TPSA) is 17.1 Å². The molecule has 2 atom stereocenters. The molecule has 1 nitrogen and oxygen atoms in total. The van der Waals surface area contributed by atoms with Crippen LogP contribution in [-0.2, 0) is 4.79 Å². The highest BCUT2D eigenvalue weighted by Gasteiger charge is 2.29. The Kier molecular flexibility index (Phi) is 5.50. The number of Topliss-reactive ketones (excluding diaryl/α,β-unsaturated/α-hetero) is 1. The first kappa shape index (κ1) is 14.6. The van der Waals surface area contributed by atoms with Crippen molar-refractivity contribution in [1.82, 2.24) is 0 Å². The van der Waals surface area contributed by atoms with Crippen molar-refractivity contribution in [1.29, 1.82) is 0 Å². The van der Waals surface area contributed by atoms with Crippen LogP contribution in [0.1, 0.15) is 57.4 Å². The predicted molar refractivity (Wildman–Crippen MR) is 82.8 cm³/mol. The lowest BCUT2D eigenvalue weighted by Crippen LogP contribution is -2.16. The molecule has 0 radical (unpaired) electrons. The van der Waals surface area contributed by atoms with Gasteiger partial charge in [-0.3, -0.25) is 4.79 Å². The van der Waals surface area contributed by atoms with Gasteiger partial charge in [0, 0.05) is 17.1 Å². The Bertz CT molecular complexity index is 427. The van der Waals surface area contributed by atoms with Gasteiger partial charge < -0.3 is 0 Å². The van der Waals surface area contributed by atoms with Gasteiger partial charge in [0.05, 0.1) is 5.92 Å². The van der Waals surface area contributed by atoms with Gasteiger partial charge in [-0.1, -0.05) is 57.7 Å². The summed E-state index contributed by atoms with van der Waals surface area (Å²) in [7, 11) is 0. The monoisotopic (exact) mass is 276 g/mol. The van der Waals surface area contributed by atoms with Crippen LogP contribution >= 0.6 is 11.8 Å². The van der Waals surface area contributed by atoms with E-state index in [4.69, 9.17) is 0 Å². The highest BCUT2D eigenvalue weighted by molar-refractivity contribution is 7.99. The number of fused-ring (bicyclic) bond motifs is 1. The number of ketones is 1. The highest BCUT2D eigenvalue weighted by atomic mass is 32.2. The molecule has 1 aliphatic rings. The van der Waals surface area contributed by atoms with Gasteiger partial charge in [0.2, 0.25) is 0 Å². The van der Waals surface area contributed by atoms with Crippen LogP contribution in [0.4, 0.5) is 0 Å². The molecule has 1 heterocycles. The van der Waals surface area contributed by atoms with Crippen LogP contribution < -0.4 is 0 Å². The van der Waals surface area contributed by atoms with Crippen molar-refractivity contribution in [2.24, 2.45) is 5.92 Å². The van der Waals surface area contributed by atoms with Crippen molar-refractivity contribution in [2.45, 2.75) is 56.8 Å². The van der Waals surface area contributed by atoms with Gasteiger partial charge in [-0.15, -0.1) is 11.8 Å². The second-order valence-electron chi connectivity index (χ2n) is 5.49. The molecule has 0 amide bonds. The van der Waals surface area contributed by atoms with Crippen LogP contribution in [0, 0.1) is 5.92 Å². The third-order valence-corrected chi connectivity index (χ3v) is 5.30. The van der Waals surface area contributed by atoms with Gasteiger partial charge in [0.15, 0.2) is 0 Å². The number of carbonyl (C=O) groups excluding carboxylic acids is 1. The fraction of sp³-hybridized carbons (Fsp3) is 0.588. The molecular formula is C17H24OS. The molecule has 0 fully saturated rings. The second-order valence-corrected chi connectivity index (χ2v) is 6.55. The van der Waals surface area contributed by atoms with Crippen LogP contribution in [0.5, 0.6) is 0 Å². The molecule has 1 aromatic rings. The number of unbranched alkanes of at least 4 members (excludes halogenated alkanes) is 1. The van der Waals surface area contributed by atoms with E-state index in [1.807, 2.05) is 11.8 Å². The van der Waals surface area contributed by atoms with Gasteiger partial charge in [0.25, 0.3) is 0 Å². The molecule has 0 aliphatic carbocycles. The molecule has 0 aromatic heterocycles. The maximum Gasteiger partial charge on any atom is 0.141 e. The maximum atomic E-state index is 12.5. The zero-order valence-corrected chi connectivity index (χ0v) is 12.8. The van der Waals surface area contributed by atoms with Gasteiger partial charge in [0.1, 0.15) is 5.78 Å². The molecule has 0 saturated carbocycles. The number of hydrogen-bond donors (Lipinski definition) is 0. The van der Waals surface area contributed by atoms with Gasteiger partial charge in [-0.2, -0.15) is 0 Å². The Morgan fingerprint density at radius 2 is 2.16 bits per heavy atom. The molecule has 1 aliphatic heterocycles. The molecule has 2 rings (SSSR count). The maximum absolute atomic E-state index is 12.5. The summed E-state index contributed by atoms with van der Waals surface area (Å²) in [6, 6.07) is 8.39. The minimum Gasteiger partial charge on any atom is -0.299 e. The summed E-state index contributed by atoms with van der Waals surface area (Å²) >= 11 is 1.84. The van der Waals surface area contributed by atoms with E-state index >= 15 is 0 Å². The van der Waals surface area contributed by atoms with Crippen molar-refractivity contribution in [3.05, 3.63) is 29.8 Å². The van der Waals surface area contributed by atoms with Crippen LogP contribution in [-0.4, -0.2) is 11.5 Å². The van der Waals surface area contributed by atoms with E-state index in [0.29, 0.717) is 11.7 Å². The Morgan fingerprint density at radius 3 is 2.89 bits per heavy atom. The third kappa shape index (κ3) is 3.62. The Hall–Kier alpha value is -0.760. The number of carbonyl (C=O) groups is 1. The minimum atomic E-state index is 0.150. The fourth-order valence-electron chi connectivity index (χ4n) is 2.80. The Labute approximate surface area is 121 Å². The molecule has 0 saturated heterocycles.